The van der Waals surface area contributed by atoms with E-state index >= 15 is 0 Å². The number of piperidine rings is 1. The Balaban J connectivity index is 1.40. The normalized spacial score (nSPS) is 22.0. The van der Waals surface area contributed by atoms with Crippen molar-refractivity contribution in [2.45, 2.75) is 50.5 Å². The molecule has 1 saturated heterocycles. The summed E-state index contributed by atoms with van der Waals surface area (Å²) in [5.74, 6) is 1.35. The summed E-state index contributed by atoms with van der Waals surface area (Å²) in [6, 6.07) is 2.39. The lowest BCUT2D eigenvalue weighted by Crippen LogP contribution is -2.47. The van der Waals surface area contributed by atoms with Gasteiger partial charge in [-0.2, -0.15) is 11.3 Å². The van der Waals surface area contributed by atoms with Crippen molar-refractivity contribution in [1.29, 1.82) is 0 Å². The third kappa shape index (κ3) is 3.31. The van der Waals surface area contributed by atoms with Crippen molar-refractivity contribution in [2.75, 3.05) is 13.1 Å². The monoisotopic (exact) mass is 346 g/mol. The number of hydrogen-bond donors (Lipinski definition) is 1. The van der Waals surface area contributed by atoms with E-state index in [9.17, 15) is 4.79 Å². The molecule has 2 fully saturated rings. The van der Waals surface area contributed by atoms with Crippen molar-refractivity contribution in [3.8, 4) is 11.5 Å². The summed E-state index contributed by atoms with van der Waals surface area (Å²) >= 11 is 1.61. The van der Waals surface area contributed by atoms with Gasteiger partial charge in [0.25, 0.3) is 0 Å². The van der Waals surface area contributed by atoms with Gasteiger partial charge in [-0.3, -0.25) is 0 Å². The molecule has 3 heterocycles. The Hall–Kier alpha value is -1.89. The second kappa shape index (κ2) is 6.93. The lowest BCUT2D eigenvalue weighted by molar-refractivity contribution is 0.171. The first kappa shape index (κ1) is 15.6. The molecule has 6 nitrogen and oxygen atoms in total. The zero-order valence-corrected chi connectivity index (χ0v) is 14.4. The molecular weight excluding hydrogens is 324 g/mol. The van der Waals surface area contributed by atoms with Crippen molar-refractivity contribution in [1.82, 2.24) is 20.4 Å². The first-order chi connectivity index (χ1) is 11.8. The molecule has 2 aromatic heterocycles. The van der Waals surface area contributed by atoms with Crippen LogP contribution < -0.4 is 5.32 Å². The molecule has 0 bridgehead atoms. The zero-order chi connectivity index (χ0) is 16.4. The van der Waals surface area contributed by atoms with E-state index in [-0.39, 0.29) is 11.9 Å². The molecule has 0 aromatic carbocycles. The van der Waals surface area contributed by atoms with Gasteiger partial charge in [0.15, 0.2) is 0 Å². The number of amides is 2. The molecule has 2 aromatic rings. The highest BCUT2D eigenvalue weighted by Gasteiger charge is 2.29. The number of nitrogens with zero attached hydrogens (tertiary/aromatic N) is 3. The number of urea groups is 1. The van der Waals surface area contributed by atoms with Gasteiger partial charge < -0.3 is 14.6 Å². The highest BCUT2D eigenvalue weighted by molar-refractivity contribution is 7.08. The van der Waals surface area contributed by atoms with Crippen molar-refractivity contribution in [3.05, 3.63) is 22.7 Å². The minimum Gasteiger partial charge on any atom is -0.420 e. The Morgan fingerprint density at radius 2 is 2.12 bits per heavy atom. The van der Waals surface area contributed by atoms with Gasteiger partial charge in [0.05, 0.1) is 5.92 Å². The number of aromatic nitrogens is 2. The summed E-state index contributed by atoms with van der Waals surface area (Å²) in [4.78, 5) is 14.4. The molecule has 2 amide bonds. The van der Waals surface area contributed by atoms with Crippen molar-refractivity contribution >= 4 is 17.4 Å². The second-order valence-corrected chi connectivity index (χ2v) is 7.45. The van der Waals surface area contributed by atoms with Crippen LogP contribution in [0.15, 0.2) is 21.2 Å². The van der Waals surface area contributed by atoms with Crippen molar-refractivity contribution < 1.29 is 9.21 Å². The molecule has 4 rings (SSSR count). The number of rotatable bonds is 3. The van der Waals surface area contributed by atoms with E-state index < -0.39 is 0 Å². The maximum Gasteiger partial charge on any atom is 0.317 e. The van der Waals surface area contributed by atoms with E-state index in [1.165, 1.54) is 12.8 Å². The van der Waals surface area contributed by atoms with Crippen molar-refractivity contribution in [2.24, 2.45) is 0 Å². The maximum absolute atomic E-state index is 12.5. The summed E-state index contributed by atoms with van der Waals surface area (Å²) in [7, 11) is 0. The summed E-state index contributed by atoms with van der Waals surface area (Å²) in [6.07, 6.45) is 6.62. The minimum absolute atomic E-state index is 0.0594. The van der Waals surface area contributed by atoms with Gasteiger partial charge >= 0.3 is 6.03 Å². The van der Waals surface area contributed by atoms with Gasteiger partial charge in [-0.15, -0.1) is 10.2 Å². The standard InChI is InChI=1S/C17H22N4O2S/c22-17(18-14-5-1-2-6-14)21-8-3-4-12(10-21)15-19-20-16(23-15)13-7-9-24-11-13/h7,9,11-12,14H,1-6,8,10H2,(H,18,22). The topological polar surface area (TPSA) is 71.3 Å². The average molecular weight is 346 g/mol. The van der Waals surface area contributed by atoms with Gasteiger partial charge in [-0.1, -0.05) is 12.8 Å². The molecule has 128 valence electrons. The first-order valence-corrected chi connectivity index (χ1v) is 9.65. The number of likely N-dealkylation sites (tertiary alicyclic amines) is 1. The Morgan fingerprint density at radius 1 is 1.25 bits per heavy atom. The molecule has 1 unspecified atom stereocenters. The predicted octanol–water partition coefficient (Wildman–Crippen LogP) is 3.63. The Labute approximate surface area is 145 Å². The number of carbonyl (C=O) groups excluding carboxylic acids is 1. The molecule has 7 heteroatoms. The largest absolute Gasteiger partial charge is 0.420 e. The molecule has 1 saturated carbocycles. The minimum atomic E-state index is 0.0594. The van der Waals surface area contributed by atoms with E-state index in [0.717, 1.165) is 37.8 Å². The number of thiophene rings is 1. The zero-order valence-electron chi connectivity index (χ0n) is 13.6. The fourth-order valence-corrected chi connectivity index (χ4v) is 4.23. The molecule has 1 aliphatic heterocycles. The van der Waals surface area contributed by atoms with E-state index in [1.807, 2.05) is 21.7 Å². The molecule has 24 heavy (non-hydrogen) atoms. The number of hydrogen-bond acceptors (Lipinski definition) is 5. The third-order valence-electron chi connectivity index (χ3n) is 4.95. The van der Waals surface area contributed by atoms with Gasteiger partial charge in [0.2, 0.25) is 11.8 Å². The van der Waals surface area contributed by atoms with Crippen LogP contribution in [0.4, 0.5) is 4.79 Å². The van der Waals surface area contributed by atoms with Gasteiger partial charge in [-0.25, -0.2) is 4.79 Å². The number of carbonyl (C=O) groups is 1. The quantitative estimate of drug-likeness (QED) is 0.921. The summed E-state index contributed by atoms with van der Waals surface area (Å²) in [6.45, 7) is 1.46. The van der Waals surface area contributed by atoms with Gasteiger partial charge in [0.1, 0.15) is 0 Å². The smallest absolute Gasteiger partial charge is 0.317 e. The van der Waals surface area contributed by atoms with Gasteiger partial charge in [-0.05, 0) is 37.1 Å². The van der Waals surface area contributed by atoms with Crippen LogP contribution >= 0.6 is 11.3 Å². The molecule has 1 atom stereocenters. The summed E-state index contributed by atoms with van der Waals surface area (Å²) in [5, 5.41) is 15.5. The lowest BCUT2D eigenvalue weighted by Gasteiger charge is -2.32. The molecule has 1 N–H and O–H groups in total. The van der Waals surface area contributed by atoms with E-state index in [2.05, 4.69) is 15.5 Å². The van der Waals surface area contributed by atoms with Crippen LogP contribution in [0.2, 0.25) is 0 Å². The molecule has 0 radical (unpaired) electrons. The third-order valence-corrected chi connectivity index (χ3v) is 5.63. The Bertz CT molecular complexity index is 679. The highest BCUT2D eigenvalue weighted by atomic mass is 32.1. The van der Waals surface area contributed by atoms with E-state index in [1.54, 1.807) is 11.3 Å². The van der Waals surface area contributed by atoms with Crippen LogP contribution in [0.5, 0.6) is 0 Å². The summed E-state index contributed by atoms with van der Waals surface area (Å²) < 4.78 is 5.86. The molecular formula is C17H22N4O2S. The Kier molecular flexibility index (Phi) is 4.51. The number of nitrogens with one attached hydrogen (secondary N) is 1. The van der Waals surface area contributed by atoms with Crippen LogP contribution in [-0.2, 0) is 0 Å². The average Bonchev–Trinajstić information content (AvgIpc) is 3.36. The van der Waals surface area contributed by atoms with E-state index in [4.69, 9.17) is 4.42 Å². The molecule has 2 aliphatic rings. The second-order valence-electron chi connectivity index (χ2n) is 6.67. The lowest BCUT2D eigenvalue weighted by atomic mass is 9.98. The van der Waals surface area contributed by atoms with Crippen LogP contribution in [0.3, 0.4) is 0 Å². The first-order valence-electron chi connectivity index (χ1n) is 8.71. The Morgan fingerprint density at radius 3 is 2.92 bits per heavy atom. The van der Waals surface area contributed by atoms with Crippen LogP contribution in [0.25, 0.3) is 11.5 Å². The SMILES string of the molecule is O=C(NC1CCCC1)N1CCCC(c2nnc(-c3ccsc3)o2)C1. The van der Waals surface area contributed by atoms with Gasteiger partial charge in [0, 0.05) is 30.1 Å². The van der Waals surface area contributed by atoms with E-state index in [0.29, 0.717) is 24.4 Å². The highest BCUT2D eigenvalue weighted by Crippen LogP contribution is 2.29. The van der Waals surface area contributed by atoms with Crippen molar-refractivity contribution in [3.63, 3.8) is 0 Å². The maximum atomic E-state index is 12.5. The fraction of sp³-hybridized carbons (Fsp3) is 0.588. The van der Waals surface area contributed by atoms with Crippen LogP contribution in [-0.4, -0.2) is 40.3 Å². The molecule has 0 spiro atoms. The van der Waals surface area contributed by atoms with Crippen LogP contribution in [0, 0.1) is 0 Å². The predicted molar refractivity (Wildman–Crippen MR) is 91.9 cm³/mol. The fourth-order valence-electron chi connectivity index (χ4n) is 3.60. The summed E-state index contributed by atoms with van der Waals surface area (Å²) in [5.41, 5.74) is 0.963. The van der Waals surface area contributed by atoms with Crippen LogP contribution in [0.1, 0.15) is 50.3 Å². The molecule has 1 aliphatic carbocycles.